The molecular formula is C13H16ClNO3. The quantitative estimate of drug-likeness (QED) is 0.663. The van der Waals surface area contributed by atoms with Crippen molar-refractivity contribution in [3.05, 3.63) is 29.8 Å². The van der Waals surface area contributed by atoms with Crippen LogP contribution in [0.1, 0.15) is 25.3 Å². The predicted octanol–water partition coefficient (Wildman–Crippen LogP) is 3.12. The van der Waals surface area contributed by atoms with E-state index in [-0.39, 0.29) is 5.92 Å². The normalized spacial score (nSPS) is 21.9. The van der Waals surface area contributed by atoms with Crippen LogP contribution in [0.5, 0.6) is 5.75 Å². The van der Waals surface area contributed by atoms with Gasteiger partial charge in [0.2, 0.25) is 0 Å². The van der Waals surface area contributed by atoms with Crippen LogP contribution < -0.4 is 4.74 Å². The molecule has 0 radical (unpaired) electrons. The Morgan fingerprint density at radius 2 is 2.11 bits per heavy atom. The Balaban J connectivity index is 2.39. The standard InChI is InChI=1S/C13H16ClNO3/c1-13(2)10(11(14)15(3)12(16)17)8-6-4-5-7-9(8)18-13/h4-7,10-11H,1-3H3,(H,16,17). The lowest BCUT2D eigenvalue weighted by molar-refractivity contribution is 0.0822. The number of para-hydroxylation sites is 1. The number of carbonyl (C=O) groups is 1. The van der Waals surface area contributed by atoms with Gasteiger partial charge in [-0.05, 0) is 19.9 Å². The Bertz CT molecular complexity index is 475. The fourth-order valence-corrected chi connectivity index (χ4v) is 2.88. The SMILES string of the molecule is CN(C(=O)O)C(Cl)C1c2ccccc2OC1(C)C. The highest BCUT2D eigenvalue weighted by molar-refractivity contribution is 6.21. The van der Waals surface area contributed by atoms with Crippen molar-refractivity contribution in [1.29, 1.82) is 0 Å². The second-order valence-electron chi connectivity index (χ2n) is 4.99. The maximum absolute atomic E-state index is 11.0. The molecule has 1 amide bonds. The second kappa shape index (κ2) is 4.35. The summed E-state index contributed by atoms with van der Waals surface area (Å²) in [5.74, 6) is 0.577. The van der Waals surface area contributed by atoms with Crippen molar-refractivity contribution in [2.24, 2.45) is 0 Å². The summed E-state index contributed by atoms with van der Waals surface area (Å²) in [6.45, 7) is 3.84. The average molecular weight is 270 g/mol. The van der Waals surface area contributed by atoms with Gasteiger partial charge in [0.15, 0.2) is 0 Å². The molecule has 5 heteroatoms. The van der Waals surface area contributed by atoms with Gasteiger partial charge < -0.3 is 9.84 Å². The Morgan fingerprint density at radius 3 is 2.72 bits per heavy atom. The third kappa shape index (κ3) is 2.01. The number of halogens is 1. The predicted molar refractivity (Wildman–Crippen MR) is 69.3 cm³/mol. The molecule has 1 aliphatic rings. The summed E-state index contributed by atoms with van der Waals surface area (Å²) < 4.78 is 5.85. The van der Waals surface area contributed by atoms with Gasteiger partial charge in [-0.3, -0.25) is 4.90 Å². The number of hydrogen-bond donors (Lipinski definition) is 1. The average Bonchev–Trinajstić information content (AvgIpc) is 2.56. The summed E-state index contributed by atoms with van der Waals surface area (Å²) in [5, 5.41) is 9.03. The third-order valence-corrected chi connectivity index (χ3v) is 3.87. The van der Waals surface area contributed by atoms with E-state index in [4.69, 9.17) is 21.4 Å². The first-order chi connectivity index (χ1) is 8.34. The van der Waals surface area contributed by atoms with Crippen molar-refractivity contribution in [3.63, 3.8) is 0 Å². The van der Waals surface area contributed by atoms with E-state index in [0.717, 1.165) is 16.2 Å². The number of ether oxygens (including phenoxy) is 1. The number of alkyl halides is 1. The van der Waals surface area contributed by atoms with E-state index in [0.29, 0.717) is 0 Å². The largest absolute Gasteiger partial charge is 0.487 e. The fourth-order valence-electron chi connectivity index (χ4n) is 2.36. The molecule has 0 fully saturated rings. The van der Waals surface area contributed by atoms with Crippen molar-refractivity contribution in [1.82, 2.24) is 4.90 Å². The number of likely N-dealkylation sites (N-methyl/N-ethyl adjacent to an activating group) is 1. The number of fused-ring (bicyclic) bond motifs is 1. The number of hydrogen-bond acceptors (Lipinski definition) is 2. The van der Waals surface area contributed by atoms with Gasteiger partial charge in [-0.15, -0.1) is 0 Å². The molecule has 0 aliphatic carbocycles. The van der Waals surface area contributed by atoms with Gasteiger partial charge in [-0.2, -0.15) is 0 Å². The molecule has 1 N–H and O–H groups in total. The number of rotatable bonds is 2. The first kappa shape index (κ1) is 13.0. The molecule has 1 aromatic rings. The van der Waals surface area contributed by atoms with Crippen molar-refractivity contribution in [3.8, 4) is 5.75 Å². The molecule has 2 rings (SSSR count). The Kier molecular flexibility index (Phi) is 3.15. The molecular weight excluding hydrogens is 254 g/mol. The first-order valence-electron chi connectivity index (χ1n) is 5.72. The highest BCUT2D eigenvalue weighted by Crippen LogP contribution is 2.48. The van der Waals surface area contributed by atoms with E-state index in [1.807, 2.05) is 38.1 Å². The van der Waals surface area contributed by atoms with Crippen LogP contribution in [0.15, 0.2) is 24.3 Å². The zero-order valence-corrected chi connectivity index (χ0v) is 11.3. The Morgan fingerprint density at radius 1 is 1.50 bits per heavy atom. The van der Waals surface area contributed by atoms with Crippen LogP contribution >= 0.6 is 11.6 Å². The van der Waals surface area contributed by atoms with E-state index in [1.165, 1.54) is 7.05 Å². The van der Waals surface area contributed by atoms with E-state index in [1.54, 1.807) is 0 Å². The number of carboxylic acid groups (broad SMARTS) is 1. The van der Waals surface area contributed by atoms with E-state index in [9.17, 15) is 4.79 Å². The Labute approximate surface area is 111 Å². The van der Waals surface area contributed by atoms with Crippen LogP contribution in [-0.4, -0.2) is 34.2 Å². The summed E-state index contributed by atoms with van der Waals surface area (Å²) in [7, 11) is 1.47. The first-order valence-corrected chi connectivity index (χ1v) is 6.16. The monoisotopic (exact) mass is 269 g/mol. The number of nitrogens with zero attached hydrogens (tertiary/aromatic N) is 1. The van der Waals surface area contributed by atoms with Crippen LogP contribution in [-0.2, 0) is 0 Å². The van der Waals surface area contributed by atoms with Crippen molar-refractivity contribution in [2.75, 3.05) is 7.05 Å². The molecule has 1 heterocycles. The molecule has 0 bridgehead atoms. The molecule has 18 heavy (non-hydrogen) atoms. The van der Waals surface area contributed by atoms with E-state index in [2.05, 4.69) is 0 Å². The minimum atomic E-state index is -1.05. The van der Waals surface area contributed by atoms with Gasteiger partial charge in [-0.1, -0.05) is 29.8 Å². The van der Waals surface area contributed by atoms with Crippen LogP contribution in [0, 0.1) is 0 Å². The topological polar surface area (TPSA) is 49.8 Å². The minimum absolute atomic E-state index is 0.198. The van der Waals surface area contributed by atoms with E-state index >= 15 is 0 Å². The summed E-state index contributed by atoms with van der Waals surface area (Å²) in [6.07, 6.45) is -1.05. The van der Waals surface area contributed by atoms with Crippen molar-refractivity contribution >= 4 is 17.7 Å². The van der Waals surface area contributed by atoms with Crippen LogP contribution in [0.4, 0.5) is 4.79 Å². The van der Waals surface area contributed by atoms with Gasteiger partial charge in [0.05, 0.1) is 5.92 Å². The zero-order chi connectivity index (χ0) is 13.5. The molecule has 4 nitrogen and oxygen atoms in total. The van der Waals surface area contributed by atoms with Gasteiger partial charge in [-0.25, -0.2) is 4.79 Å². The van der Waals surface area contributed by atoms with Crippen molar-refractivity contribution in [2.45, 2.75) is 30.9 Å². The summed E-state index contributed by atoms with van der Waals surface area (Å²) in [5.41, 5.74) is -0.239. The molecule has 0 spiro atoms. The smallest absolute Gasteiger partial charge is 0.408 e. The van der Waals surface area contributed by atoms with Gasteiger partial charge in [0, 0.05) is 12.6 Å². The fraction of sp³-hybridized carbons (Fsp3) is 0.462. The molecule has 0 saturated carbocycles. The molecule has 98 valence electrons. The van der Waals surface area contributed by atoms with Crippen LogP contribution in [0.3, 0.4) is 0 Å². The molecule has 0 aromatic heterocycles. The zero-order valence-electron chi connectivity index (χ0n) is 10.6. The lowest BCUT2D eigenvalue weighted by atomic mass is 9.86. The molecule has 1 aromatic carbocycles. The van der Waals surface area contributed by atoms with Gasteiger partial charge >= 0.3 is 6.09 Å². The maximum Gasteiger partial charge on any atom is 0.408 e. The van der Waals surface area contributed by atoms with Crippen LogP contribution in [0.25, 0.3) is 0 Å². The van der Waals surface area contributed by atoms with E-state index < -0.39 is 17.2 Å². The van der Waals surface area contributed by atoms with Gasteiger partial charge in [0.1, 0.15) is 16.9 Å². The second-order valence-corrected chi connectivity index (χ2v) is 5.43. The minimum Gasteiger partial charge on any atom is -0.487 e. The van der Waals surface area contributed by atoms with Crippen LogP contribution in [0.2, 0.25) is 0 Å². The lowest BCUT2D eigenvalue weighted by Gasteiger charge is -2.33. The maximum atomic E-state index is 11.0. The summed E-state index contributed by atoms with van der Waals surface area (Å²) in [4.78, 5) is 12.1. The highest BCUT2D eigenvalue weighted by atomic mass is 35.5. The number of amides is 1. The summed E-state index contributed by atoms with van der Waals surface area (Å²) >= 11 is 6.31. The highest BCUT2D eigenvalue weighted by Gasteiger charge is 2.46. The molecule has 2 unspecified atom stereocenters. The molecule has 0 saturated heterocycles. The Hall–Kier alpha value is -1.42. The summed E-state index contributed by atoms with van der Waals surface area (Å²) in [6, 6.07) is 7.60. The molecule has 2 atom stereocenters. The lowest BCUT2D eigenvalue weighted by Crippen LogP contribution is -2.44. The van der Waals surface area contributed by atoms with Crippen molar-refractivity contribution < 1.29 is 14.6 Å². The number of benzene rings is 1. The van der Waals surface area contributed by atoms with Gasteiger partial charge in [0.25, 0.3) is 0 Å². The third-order valence-electron chi connectivity index (χ3n) is 3.32. The molecule has 1 aliphatic heterocycles.